The quantitative estimate of drug-likeness (QED) is 0.909. The van der Waals surface area contributed by atoms with E-state index in [4.69, 9.17) is 0 Å². The van der Waals surface area contributed by atoms with E-state index in [1.165, 1.54) is 12.1 Å². The Labute approximate surface area is 131 Å². The summed E-state index contributed by atoms with van der Waals surface area (Å²) < 4.78 is 13.1. The summed E-state index contributed by atoms with van der Waals surface area (Å²) in [5.74, 6) is 0.0316. The van der Waals surface area contributed by atoms with Gasteiger partial charge in [-0.3, -0.25) is 4.79 Å². The first-order chi connectivity index (χ1) is 10.6. The number of hydrogen-bond donors (Lipinski definition) is 1. The maximum absolute atomic E-state index is 13.1. The molecule has 3 nitrogen and oxygen atoms in total. The van der Waals surface area contributed by atoms with Gasteiger partial charge in [0.15, 0.2) is 0 Å². The molecule has 0 bridgehead atoms. The summed E-state index contributed by atoms with van der Waals surface area (Å²) in [5.41, 5.74) is 1.03. The molecule has 1 saturated heterocycles. The van der Waals surface area contributed by atoms with Gasteiger partial charge >= 0.3 is 0 Å². The predicted octanol–water partition coefficient (Wildman–Crippen LogP) is 3.43. The third-order valence-electron chi connectivity index (χ3n) is 5.09. The molecular weight excluding hydrogens is 281 g/mol. The number of carbonyl (C=O) groups is 1. The third-order valence-corrected chi connectivity index (χ3v) is 5.09. The fraction of sp³-hybridized carbons (Fsp3) is 0.611. The van der Waals surface area contributed by atoms with Crippen LogP contribution in [0.2, 0.25) is 0 Å². The van der Waals surface area contributed by atoms with E-state index in [-0.39, 0.29) is 29.8 Å². The first-order valence-corrected chi connectivity index (χ1v) is 8.39. The van der Waals surface area contributed by atoms with Gasteiger partial charge in [0.25, 0.3) is 0 Å². The highest BCUT2D eigenvalue weighted by Crippen LogP contribution is 2.35. The Hall–Kier alpha value is -1.42. The molecular formula is C18H24FNO2. The smallest absolute Gasteiger partial charge is 0.226 e. The van der Waals surface area contributed by atoms with Crippen LogP contribution >= 0.6 is 0 Å². The van der Waals surface area contributed by atoms with Crippen LogP contribution in [0.15, 0.2) is 24.3 Å². The highest BCUT2D eigenvalue weighted by molar-refractivity contribution is 5.79. The second kappa shape index (κ2) is 6.78. The van der Waals surface area contributed by atoms with Gasteiger partial charge in [-0.1, -0.05) is 12.1 Å². The van der Waals surface area contributed by atoms with E-state index in [1.54, 1.807) is 12.1 Å². The van der Waals surface area contributed by atoms with Crippen LogP contribution in [0.25, 0.3) is 0 Å². The van der Waals surface area contributed by atoms with Crippen molar-refractivity contribution in [3.8, 4) is 0 Å². The van der Waals surface area contributed by atoms with Crippen molar-refractivity contribution in [2.45, 2.75) is 57.1 Å². The molecule has 0 radical (unpaired) electrons. The Morgan fingerprint density at radius 2 is 1.73 bits per heavy atom. The van der Waals surface area contributed by atoms with Gasteiger partial charge in [-0.2, -0.15) is 0 Å². The second-order valence-electron chi connectivity index (χ2n) is 6.60. The first kappa shape index (κ1) is 15.5. The van der Waals surface area contributed by atoms with E-state index in [0.29, 0.717) is 0 Å². The Morgan fingerprint density at radius 1 is 1.05 bits per heavy atom. The van der Waals surface area contributed by atoms with Crippen molar-refractivity contribution in [2.24, 2.45) is 5.92 Å². The van der Waals surface area contributed by atoms with Gasteiger partial charge in [-0.05, 0) is 62.6 Å². The molecule has 1 unspecified atom stereocenters. The summed E-state index contributed by atoms with van der Waals surface area (Å²) in [4.78, 5) is 14.9. The number of carbonyl (C=O) groups excluding carboxylic acids is 1. The molecule has 120 valence electrons. The fourth-order valence-electron chi connectivity index (χ4n) is 3.78. The van der Waals surface area contributed by atoms with Crippen molar-refractivity contribution in [2.75, 3.05) is 6.54 Å². The summed E-state index contributed by atoms with van der Waals surface area (Å²) in [6, 6.07) is 6.63. The van der Waals surface area contributed by atoms with Crippen molar-refractivity contribution < 1.29 is 14.3 Å². The lowest BCUT2D eigenvalue weighted by Gasteiger charge is -2.39. The number of nitrogens with zero attached hydrogens (tertiary/aromatic N) is 1. The third kappa shape index (κ3) is 3.32. The van der Waals surface area contributed by atoms with Crippen molar-refractivity contribution >= 4 is 5.91 Å². The van der Waals surface area contributed by atoms with Crippen molar-refractivity contribution in [1.29, 1.82) is 0 Å². The summed E-state index contributed by atoms with van der Waals surface area (Å²) in [7, 11) is 0. The van der Waals surface area contributed by atoms with E-state index >= 15 is 0 Å². The molecule has 1 aliphatic carbocycles. The minimum absolute atomic E-state index is 0.0458. The van der Waals surface area contributed by atoms with Crippen molar-refractivity contribution in [3.05, 3.63) is 35.6 Å². The van der Waals surface area contributed by atoms with E-state index < -0.39 is 0 Å². The number of amides is 1. The van der Waals surface area contributed by atoms with Crippen LogP contribution in [-0.2, 0) is 4.79 Å². The van der Waals surface area contributed by atoms with Crippen LogP contribution in [0.4, 0.5) is 4.39 Å². The van der Waals surface area contributed by atoms with E-state index in [2.05, 4.69) is 0 Å². The average molecular weight is 305 g/mol. The highest BCUT2D eigenvalue weighted by atomic mass is 19.1. The number of likely N-dealkylation sites (tertiary alicyclic amines) is 1. The van der Waals surface area contributed by atoms with Gasteiger partial charge in [-0.15, -0.1) is 0 Å². The van der Waals surface area contributed by atoms with E-state index in [9.17, 15) is 14.3 Å². The predicted molar refractivity (Wildman–Crippen MR) is 82.7 cm³/mol. The lowest BCUT2D eigenvalue weighted by molar-refractivity contribution is -0.141. The summed E-state index contributed by atoms with van der Waals surface area (Å²) >= 11 is 0. The molecule has 1 saturated carbocycles. The molecule has 1 aromatic carbocycles. The average Bonchev–Trinajstić information content (AvgIpc) is 2.56. The lowest BCUT2D eigenvalue weighted by atomic mass is 9.85. The molecule has 4 heteroatoms. The summed E-state index contributed by atoms with van der Waals surface area (Å²) in [6.07, 6.45) is 5.88. The monoisotopic (exact) mass is 305 g/mol. The lowest BCUT2D eigenvalue weighted by Crippen LogP contribution is -2.43. The standard InChI is InChI=1S/C18H24FNO2/c19-15-8-4-13(5-9-15)17-3-1-2-12-20(17)18(22)14-6-10-16(21)11-7-14/h4-5,8-9,14,16-17,21H,1-3,6-7,10-12H2. The number of halogens is 1. The minimum Gasteiger partial charge on any atom is -0.393 e. The van der Waals surface area contributed by atoms with Crippen LogP contribution in [-0.4, -0.2) is 28.6 Å². The van der Waals surface area contributed by atoms with Crippen molar-refractivity contribution in [3.63, 3.8) is 0 Å². The zero-order valence-corrected chi connectivity index (χ0v) is 12.9. The number of hydrogen-bond acceptors (Lipinski definition) is 2. The largest absolute Gasteiger partial charge is 0.393 e. The Bertz CT molecular complexity index is 508. The van der Waals surface area contributed by atoms with Crippen LogP contribution in [0, 0.1) is 11.7 Å². The SMILES string of the molecule is O=C(C1CCC(O)CC1)N1CCCCC1c1ccc(F)cc1. The van der Waals surface area contributed by atoms with Gasteiger partial charge in [0.1, 0.15) is 5.82 Å². The molecule has 0 aromatic heterocycles. The topological polar surface area (TPSA) is 40.5 Å². The highest BCUT2D eigenvalue weighted by Gasteiger charge is 2.34. The number of rotatable bonds is 2. The van der Waals surface area contributed by atoms with Gasteiger partial charge in [0, 0.05) is 12.5 Å². The molecule has 1 amide bonds. The fourth-order valence-corrected chi connectivity index (χ4v) is 3.78. The van der Waals surface area contributed by atoms with Crippen LogP contribution < -0.4 is 0 Å². The first-order valence-electron chi connectivity index (χ1n) is 8.39. The minimum atomic E-state index is -0.238. The zero-order valence-electron chi connectivity index (χ0n) is 12.9. The second-order valence-corrected chi connectivity index (χ2v) is 6.60. The molecule has 2 aliphatic rings. The summed E-state index contributed by atoms with van der Waals surface area (Å²) in [6.45, 7) is 0.792. The van der Waals surface area contributed by atoms with Crippen LogP contribution in [0.5, 0.6) is 0 Å². The maximum atomic E-state index is 13.1. The van der Waals surface area contributed by atoms with Gasteiger partial charge in [-0.25, -0.2) is 4.39 Å². The van der Waals surface area contributed by atoms with Crippen molar-refractivity contribution in [1.82, 2.24) is 4.90 Å². The number of aliphatic hydroxyl groups excluding tert-OH is 1. The normalized spacial score (nSPS) is 29.4. The Kier molecular flexibility index (Phi) is 4.77. The molecule has 1 heterocycles. The molecule has 22 heavy (non-hydrogen) atoms. The molecule has 1 aromatic rings. The Balaban J connectivity index is 1.74. The van der Waals surface area contributed by atoms with Gasteiger partial charge in [0.2, 0.25) is 5.91 Å². The Morgan fingerprint density at radius 3 is 2.41 bits per heavy atom. The molecule has 1 aliphatic heterocycles. The zero-order chi connectivity index (χ0) is 15.5. The molecule has 1 atom stereocenters. The van der Waals surface area contributed by atoms with Gasteiger partial charge < -0.3 is 10.0 Å². The number of piperidine rings is 1. The number of aliphatic hydroxyl groups is 1. The van der Waals surface area contributed by atoms with Crippen LogP contribution in [0.3, 0.4) is 0 Å². The molecule has 2 fully saturated rings. The molecule has 1 N–H and O–H groups in total. The van der Waals surface area contributed by atoms with Gasteiger partial charge in [0.05, 0.1) is 12.1 Å². The maximum Gasteiger partial charge on any atom is 0.226 e. The van der Waals surface area contributed by atoms with Crippen LogP contribution in [0.1, 0.15) is 56.6 Å². The molecule has 0 spiro atoms. The van der Waals surface area contributed by atoms with E-state index in [0.717, 1.165) is 57.1 Å². The number of benzene rings is 1. The van der Waals surface area contributed by atoms with E-state index in [1.807, 2.05) is 4.90 Å². The summed E-state index contributed by atoms with van der Waals surface area (Å²) in [5, 5.41) is 9.61. The molecule has 3 rings (SSSR count).